The van der Waals surface area contributed by atoms with Crippen LogP contribution < -0.4 is 4.74 Å². The maximum absolute atomic E-state index is 12.5. The van der Waals surface area contributed by atoms with Crippen LogP contribution in [-0.4, -0.2) is 15.0 Å². The summed E-state index contributed by atoms with van der Waals surface area (Å²) in [6.45, 7) is 0.124. The maximum Gasteiger partial charge on any atom is 0.416 e. The van der Waals surface area contributed by atoms with Crippen LogP contribution in [-0.2, 0) is 12.8 Å². The maximum atomic E-state index is 12.5. The van der Waals surface area contributed by atoms with Gasteiger partial charge >= 0.3 is 12.2 Å². The van der Waals surface area contributed by atoms with E-state index in [4.69, 9.17) is 9.15 Å². The molecule has 0 unspecified atom stereocenters. The Labute approximate surface area is 154 Å². The van der Waals surface area contributed by atoms with Crippen molar-refractivity contribution in [3.05, 3.63) is 70.1 Å². The Bertz CT molecular complexity index is 891. The Hall–Kier alpha value is -2.68. The number of alkyl halides is 3. The molecule has 9 heteroatoms. The number of aromatic nitrogens is 3. The van der Waals surface area contributed by atoms with Gasteiger partial charge in [0.15, 0.2) is 0 Å². The Morgan fingerprint density at radius 1 is 1.08 bits per heavy atom. The minimum absolute atomic E-state index is 0.124. The molecule has 26 heavy (non-hydrogen) atoms. The Kier molecular flexibility index (Phi) is 5.36. The third-order valence-corrected chi connectivity index (χ3v) is 3.58. The molecule has 0 atom stereocenters. The molecule has 0 N–H and O–H groups in total. The molecule has 0 spiro atoms. The van der Waals surface area contributed by atoms with E-state index in [1.807, 2.05) is 0 Å². The summed E-state index contributed by atoms with van der Waals surface area (Å²) < 4.78 is 48.9. The standard InChI is InChI=1S/C17H11BrF3N3O2/c18-13-7-22-16(23-8-13)26-10-14-9-25-15(24-14)6-3-11-1-4-12(5-2-11)17(19,20)21/h1-9H,10H2/b6-3+. The topological polar surface area (TPSA) is 61.0 Å². The second-order valence-corrected chi connectivity index (χ2v) is 6.02. The van der Waals surface area contributed by atoms with Gasteiger partial charge in [-0.05, 0) is 39.7 Å². The normalized spacial score (nSPS) is 11.8. The van der Waals surface area contributed by atoms with Crippen molar-refractivity contribution in [2.75, 3.05) is 0 Å². The number of ether oxygens (including phenoxy) is 1. The van der Waals surface area contributed by atoms with Crippen LogP contribution in [0.25, 0.3) is 12.2 Å². The van der Waals surface area contributed by atoms with E-state index in [0.717, 1.165) is 16.6 Å². The number of rotatable bonds is 5. The first-order chi connectivity index (χ1) is 12.4. The predicted molar refractivity (Wildman–Crippen MR) is 90.9 cm³/mol. The minimum atomic E-state index is -4.35. The van der Waals surface area contributed by atoms with Gasteiger partial charge in [0, 0.05) is 18.5 Å². The number of benzene rings is 1. The van der Waals surface area contributed by atoms with Gasteiger partial charge in [0.05, 0.1) is 10.0 Å². The predicted octanol–water partition coefficient (Wildman–Crippen LogP) is 5.00. The second kappa shape index (κ2) is 7.69. The third kappa shape index (κ3) is 4.92. The molecule has 3 aromatic rings. The number of hydrogen-bond donors (Lipinski definition) is 0. The van der Waals surface area contributed by atoms with Crippen LogP contribution in [0.3, 0.4) is 0 Å². The summed E-state index contributed by atoms with van der Waals surface area (Å²) in [6, 6.07) is 4.99. The lowest BCUT2D eigenvalue weighted by Gasteiger charge is -2.05. The summed E-state index contributed by atoms with van der Waals surface area (Å²) in [5, 5.41) is 0. The van der Waals surface area contributed by atoms with Crippen LogP contribution in [0.4, 0.5) is 13.2 Å². The first kappa shape index (κ1) is 18.1. The summed E-state index contributed by atoms with van der Waals surface area (Å²) >= 11 is 3.22. The zero-order valence-corrected chi connectivity index (χ0v) is 14.7. The largest absolute Gasteiger partial charge is 0.457 e. The SMILES string of the molecule is FC(F)(F)c1ccc(/C=C/c2nc(COc3ncc(Br)cn3)co2)cc1. The van der Waals surface area contributed by atoms with Crippen molar-refractivity contribution in [2.24, 2.45) is 0 Å². The fraction of sp³-hybridized carbons (Fsp3) is 0.118. The van der Waals surface area contributed by atoms with E-state index in [9.17, 15) is 13.2 Å². The molecule has 0 aliphatic carbocycles. The summed E-state index contributed by atoms with van der Waals surface area (Å²) in [6.07, 6.45) is 3.35. The van der Waals surface area contributed by atoms with Crippen molar-refractivity contribution in [3.63, 3.8) is 0 Å². The molecular weight excluding hydrogens is 415 g/mol. The van der Waals surface area contributed by atoms with Crippen LogP contribution in [0.1, 0.15) is 22.7 Å². The van der Waals surface area contributed by atoms with Gasteiger partial charge in [0.1, 0.15) is 18.6 Å². The van der Waals surface area contributed by atoms with Crippen LogP contribution in [0.15, 0.2) is 51.8 Å². The fourth-order valence-corrected chi connectivity index (χ4v) is 2.13. The van der Waals surface area contributed by atoms with Crippen LogP contribution in [0.2, 0.25) is 0 Å². The van der Waals surface area contributed by atoms with E-state index in [-0.39, 0.29) is 12.6 Å². The second-order valence-electron chi connectivity index (χ2n) is 5.10. The molecule has 0 aliphatic rings. The van der Waals surface area contributed by atoms with Gasteiger partial charge in [-0.3, -0.25) is 0 Å². The molecular formula is C17H11BrF3N3O2. The van der Waals surface area contributed by atoms with Crippen molar-refractivity contribution >= 4 is 28.1 Å². The van der Waals surface area contributed by atoms with Crippen molar-refractivity contribution < 1.29 is 22.3 Å². The number of oxazole rings is 1. The molecule has 0 fully saturated rings. The Morgan fingerprint density at radius 2 is 1.77 bits per heavy atom. The molecule has 0 bridgehead atoms. The highest BCUT2D eigenvalue weighted by Gasteiger charge is 2.29. The molecule has 1 aromatic carbocycles. The van der Waals surface area contributed by atoms with Crippen LogP contribution >= 0.6 is 15.9 Å². The van der Waals surface area contributed by atoms with Gasteiger partial charge in [-0.25, -0.2) is 15.0 Å². The minimum Gasteiger partial charge on any atom is -0.457 e. The first-order valence-corrected chi connectivity index (χ1v) is 8.09. The van der Waals surface area contributed by atoms with E-state index in [1.54, 1.807) is 24.5 Å². The van der Waals surface area contributed by atoms with E-state index in [1.165, 1.54) is 18.4 Å². The average molecular weight is 426 g/mol. The smallest absolute Gasteiger partial charge is 0.416 e. The van der Waals surface area contributed by atoms with Crippen molar-refractivity contribution in [1.29, 1.82) is 0 Å². The summed E-state index contributed by atoms with van der Waals surface area (Å²) in [7, 11) is 0. The van der Waals surface area contributed by atoms with Gasteiger partial charge < -0.3 is 9.15 Å². The molecule has 0 saturated carbocycles. The number of halogens is 4. The summed E-state index contributed by atoms with van der Waals surface area (Å²) in [4.78, 5) is 12.1. The van der Waals surface area contributed by atoms with Gasteiger partial charge in [-0.2, -0.15) is 13.2 Å². The molecule has 0 aliphatic heterocycles. The Balaban J connectivity index is 1.59. The Morgan fingerprint density at radius 3 is 2.42 bits per heavy atom. The van der Waals surface area contributed by atoms with E-state index in [2.05, 4.69) is 30.9 Å². The zero-order chi connectivity index (χ0) is 18.6. The lowest BCUT2D eigenvalue weighted by atomic mass is 10.1. The molecule has 2 heterocycles. The van der Waals surface area contributed by atoms with E-state index >= 15 is 0 Å². The van der Waals surface area contributed by atoms with Crippen molar-refractivity contribution in [2.45, 2.75) is 12.8 Å². The first-order valence-electron chi connectivity index (χ1n) is 7.30. The van der Waals surface area contributed by atoms with Crippen molar-refractivity contribution in [1.82, 2.24) is 15.0 Å². The van der Waals surface area contributed by atoms with Gasteiger partial charge in [0.2, 0.25) is 5.89 Å². The van der Waals surface area contributed by atoms with E-state index in [0.29, 0.717) is 17.1 Å². The lowest BCUT2D eigenvalue weighted by Crippen LogP contribution is -2.03. The molecule has 0 radical (unpaired) electrons. The number of nitrogens with zero attached hydrogens (tertiary/aromatic N) is 3. The average Bonchev–Trinajstić information content (AvgIpc) is 3.07. The van der Waals surface area contributed by atoms with Crippen LogP contribution in [0.5, 0.6) is 6.01 Å². The molecule has 5 nitrogen and oxygen atoms in total. The molecule has 134 valence electrons. The van der Waals surface area contributed by atoms with E-state index < -0.39 is 11.7 Å². The highest BCUT2D eigenvalue weighted by Crippen LogP contribution is 2.29. The highest BCUT2D eigenvalue weighted by molar-refractivity contribution is 9.10. The molecule has 2 aromatic heterocycles. The highest BCUT2D eigenvalue weighted by atomic mass is 79.9. The molecule has 3 rings (SSSR count). The van der Waals surface area contributed by atoms with Crippen molar-refractivity contribution in [3.8, 4) is 6.01 Å². The van der Waals surface area contributed by atoms with Gasteiger partial charge in [-0.15, -0.1) is 0 Å². The third-order valence-electron chi connectivity index (χ3n) is 3.17. The molecule has 0 amide bonds. The fourth-order valence-electron chi connectivity index (χ4n) is 1.93. The van der Waals surface area contributed by atoms with Crippen LogP contribution in [0, 0.1) is 0 Å². The monoisotopic (exact) mass is 425 g/mol. The quantitative estimate of drug-likeness (QED) is 0.575. The zero-order valence-electron chi connectivity index (χ0n) is 13.1. The lowest BCUT2D eigenvalue weighted by molar-refractivity contribution is -0.137. The van der Waals surface area contributed by atoms with Gasteiger partial charge in [-0.1, -0.05) is 12.1 Å². The molecule has 0 saturated heterocycles. The van der Waals surface area contributed by atoms with Gasteiger partial charge in [0.25, 0.3) is 0 Å². The number of hydrogen-bond acceptors (Lipinski definition) is 5. The summed E-state index contributed by atoms with van der Waals surface area (Å²) in [5.74, 6) is 0.306. The summed E-state index contributed by atoms with van der Waals surface area (Å²) in [5.41, 5.74) is 0.432.